The number of carbonyl (C=O) groups is 1. The lowest BCUT2D eigenvalue weighted by Crippen LogP contribution is -2.37. The van der Waals surface area contributed by atoms with Gasteiger partial charge in [0, 0.05) is 6.42 Å². The van der Waals surface area contributed by atoms with Crippen LogP contribution < -0.4 is 0 Å². The molecule has 1 N–H and O–H groups in total. The van der Waals surface area contributed by atoms with E-state index in [9.17, 15) is 14.3 Å². The summed E-state index contributed by atoms with van der Waals surface area (Å²) >= 11 is 0. The summed E-state index contributed by atoms with van der Waals surface area (Å²) < 4.78 is 34.6. The van der Waals surface area contributed by atoms with Crippen LogP contribution in [0.25, 0.3) is 0 Å². The average molecular weight is 791 g/mol. The first kappa shape index (κ1) is 52.5. The van der Waals surface area contributed by atoms with Gasteiger partial charge in [-0.05, 0) is 89.5 Å². The Bertz CT molecular complexity index is 1150. The summed E-state index contributed by atoms with van der Waals surface area (Å²) in [5, 5.41) is 0. The molecule has 0 aliphatic carbocycles. The molecule has 1 unspecified atom stereocenters. The van der Waals surface area contributed by atoms with Gasteiger partial charge in [-0.25, -0.2) is 4.57 Å². The summed E-state index contributed by atoms with van der Waals surface area (Å²) in [6.45, 7) is 4.71. The molecule has 0 heterocycles. The quantitative estimate of drug-likeness (QED) is 0.0166. The summed E-state index contributed by atoms with van der Waals surface area (Å²) in [6, 6.07) is 0. The lowest BCUT2D eigenvalue weighted by atomic mass is 10.1. The minimum atomic E-state index is -4.31. The fourth-order valence-corrected chi connectivity index (χ4v) is 5.94. The van der Waals surface area contributed by atoms with Gasteiger partial charge in [0.15, 0.2) is 6.10 Å². The van der Waals surface area contributed by atoms with Crippen molar-refractivity contribution < 1.29 is 37.3 Å². The molecule has 0 bridgehead atoms. The Balaban J connectivity index is 4.44. The highest BCUT2D eigenvalue weighted by atomic mass is 31.2. The van der Waals surface area contributed by atoms with Crippen LogP contribution in [0.15, 0.2) is 85.3 Å². The van der Waals surface area contributed by atoms with Gasteiger partial charge in [0.05, 0.1) is 34.0 Å². The first-order valence-corrected chi connectivity index (χ1v) is 22.9. The number of nitrogens with zero attached hydrogens (tertiary/aromatic N) is 1. The predicted octanol–water partition coefficient (Wildman–Crippen LogP) is 12.8. The van der Waals surface area contributed by atoms with E-state index in [0.29, 0.717) is 17.4 Å². The van der Waals surface area contributed by atoms with Crippen molar-refractivity contribution in [1.29, 1.82) is 0 Å². The SMILES string of the molecule is CC/C=C\C/C=C\C/C=C\C/C=C\C/C=C\CCCC(=O)O[C@H](CO/C=C\CCCCCCCC/C=C\CCCCCC)COP(=O)(O)OCC[N+](C)(C)C. The maximum absolute atomic E-state index is 12.6. The molecular formula is C46H81NO7P+. The molecule has 0 saturated heterocycles. The van der Waals surface area contributed by atoms with Gasteiger partial charge in [0.2, 0.25) is 0 Å². The molecule has 0 aliphatic rings. The van der Waals surface area contributed by atoms with E-state index < -0.39 is 19.9 Å². The first-order valence-electron chi connectivity index (χ1n) is 21.4. The molecular weight excluding hydrogens is 709 g/mol. The Hall–Kier alpha value is -2.48. The van der Waals surface area contributed by atoms with Gasteiger partial charge in [-0.15, -0.1) is 0 Å². The normalized spacial score (nSPS) is 14.6. The molecule has 0 fully saturated rings. The van der Waals surface area contributed by atoms with E-state index in [4.69, 9.17) is 18.5 Å². The monoisotopic (exact) mass is 791 g/mol. The molecule has 8 nitrogen and oxygen atoms in total. The molecule has 0 aromatic carbocycles. The molecule has 9 heteroatoms. The topological polar surface area (TPSA) is 91.3 Å². The highest BCUT2D eigenvalue weighted by molar-refractivity contribution is 7.47. The van der Waals surface area contributed by atoms with Crippen LogP contribution in [-0.2, 0) is 27.9 Å². The van der Waals surface area contributed by atoms with Crippen molar-refractivity contribution >= 4 is 13.8 Å². The average Bonchev–Trinajstić information content (AvgIpc) is 3.13. The van der Waals surface area contributed by atoms with Gasteiger partial charge in [-0.2, -0.15) is 0 Å². The van der Waals surface area contributed by atoms with Crippen molar-refractivity contribution in [3.05, 3.63) is 85.3 Å². The van der Waals surface area contributed by atoms with Crippen molar-refractivity contribution in [1.82, 2.24) is 0 Å². The third kappa shape index (κ3) is 42.5. The number of quaternary nitrogens is 1. The molecule has 316 valence electrons. The molecule has 0 aromatic rings. The second-order valence-electron chi connectivity index (χ2n) is 15.0. The fraction of sp³-hybridized carbons (Fsp3) is 0.674. The van der Waals surface area contributed by atoms with Crippen molar-refractivity contribution in [2.45, 2.75) is 155 Å². The number of phosphoric ester groups is 1. The van der Waals surface area contributed by atoms with Crippen molar-refractivity contribution in [2.24, 2.45) is 0 Å². The highest BCUT2D eigenvalue weighted by Gasteiger charge is 2.26. The number of hydrogen-bond donors (Lipinski definition) is 1. The number of hydrogen-bond acceptors (Lipinski definition) is 6. The number of esters is 1. The number of ether oxygens (including phenoxy) is 2. The smallest absolute Gasteiger partial charge is 0.472 e. The zero-order valence-corrected chi connectivity index (χ0v) is 36.5. The molecule has 0 aromatic heterocycles. The third-order valence-electron chi connectivity index (χ3n) is 8.50. The molecule has 0 rings (SSSR count). The van der Waals surface area contributed by atoms with Crippen molar-refractivity contribution in [2.75, 3.05) is 47.5 Å². The first-order chi connectivity index (χ1) is 26.6. The van der Waals surface area contributed by atoms with Crippen molar-refractivity contribution in [3.63, 3.8) is 0 Å². The summed E-state index contributed by atoms with van der Waals surface area (Å²) in [6.07, 6.45) is 51.5. The molecule has 55 heavy (non-hydrogen) atoms. The van der Waals surface area contributed by atoms with Gasteiger partial charge in [-0.1, -0.05) is 132 Å². The maximum atomic E-state index is 12.6. The van der Waals surface area contributed by atoms with Gasteiger partial charge in [0.1, 0.15) is 19.8 Å². The third-order valence-corrected chi connectivity index (χ3v) is 9.49. The van der Waals surface area contributed by atoms with Crippen LogP contribution in [0.4, 0.5) is 0 Å². The number of carbonyl (C=O) groups excluding carboxylic acids is 1. The molecule has 0 saturated carbocycles. The number of phosphoric acid groups is 1. The van der Waals surface area contributed by atoms with Crippen LogP contribution in [0.2, 0.25) is 0 Å². The Morgan fingerprint density at radius 2 is 1.07 bits per heavy atom. The number of unbranched alkanes of at least 4 members (excludes halogenated alkanes) is 12. The van der Waals surface area contributed by atoms with E-state index in [2.05, 4.69) is 86.8 Å². The molecule has 0 amide bonds. The summed E-state index contributed by atoms with van der Waals surface area (Å²) in [5.74, 6) is -0.398. The molecule has 0 spiro atoms. The minimum absolute atomic E-state index is 0.0169. The van der Waals surface area contributed by atoms with Gasteiger partial charge < -0.3 is 18.9 Å². The van der Waals surface area contributed by atoms with Gasteiger partial charge in [0.25, 0.3) is 0 Å². The van der Waals surface area contributed by atoms with E-state index in [1.165, 1.54) is 70.6 Å². The molecule has 0 aliphatic heterocycles. The predicted molar refractivity (Wildman–Crippen MR) is 233 cm³/mol. The van der Waals surface area contributed by atoms with Gasteiger partial charge in [-0.3, -0.25) is 13.8 Å². The summed E-state index contributed by atoms with van der Waals surface area (Å²) in [4.78, 5) is 22.8. The van der Waals surface area contributed by atoms with Crippen molar-refractivity contribution in [3.8, 4) is 0 Å². The minimum Gasteiger partial charge on any atom is -0.498 e. The van der Waals surface area contributed by atoms with E-state index in [1.807, 2.05) is 27.2 Å². The number of allylic oxidation sites excluding steroid dienone is 13. The number of rotatable bonds is 38. The van der Waals surface area contributed by atoms with E-state index in [1.54, 1.807) is 6.26 Å². The zero-order valence-electron chi connectivity index (χ0n) is 35.6. The lowest BCUT2D eigenvalue weighted by molar-refractivity contribution is -0.870. The summed E-state index contributed by atoms with van der Waals surface area (Å²) in [7, 11) is 1.58. The lowest BCUT2D eigenvalue weighted by Gasteiger charge is -2.24. The zero-order chi connectivity index (χ0) is 40.6. The Morgan fingerprint density at radius 3 is 1.62 bits per heavy atom. The van der Waals surface area contributed by atoms with Crippen LogP contribution in [0.1, 0.15) is 149 Å². The van der Waals surface area contributed by atoms with Gasteiger partial charge >= 0.3 is 13.8 Å². The Morgan fingerprint density at radius 1 is 0.600 bits per heavy atom. The largest absolute Gasteiger partial charge is 0.498 e. The fourth-order valence-electron chi connectivity index (χ4n) is 5.19. The Labute approximate surface area is 337 Å². The highest BCUT2D eigenvalue weighted by Crippen LogP contribution is 2.43. The van der Waals surface area contributed by atoms with E-state index in [-0.39, 0.29) is 26.2 Å². The Kier molecular flexibility index (Phi) is 36.7. The van der Waals surface area contributed by atoms with Crippen LogP contribution in [0, 0.1) is 0 Å². The van der Waals surface area contributed by atoms with Crippen LogP contribution in [0.5, 0.6) is 0 Å². The molecule has 0 radical (unpaired) electrons. The molecule has 2 atom stereocenters. The second kappa shape index (κ2) is 38.4. The second-order valence-corrected chi connectivity index (χ2v) is 16.5. The standard InChI is InChI=1S/C46H80NO7P/c1-6-8-10-12-14-16-18-20-22-24-25-27-29-31-33-35-37-39-46(48)54-45(44-53-55(49,50)52-42-40-47(3,4)5)43-51-41-38-36-34-32-30-28-26-23-21-19-17-15-13-11-9-7-2/h8,10,14,16-17,19-20,22,25,27,31,33,38,41,45H,6-7,9,11-13,15,18,21,23-24,26,28-30,32,34-37,39-40,42-44H2,1-5H3/p+1/b10-8-,16-14-,19-17-,22-20-,27-25-,33-31-,41-38-/t45-/m1/s1. The maximum Gasteiger partial charge on any atom is 0.472 e. The van der Waals surface area contributed by atoms with E-state index in [0.717, 1.165) is 51.4 Å². The van der Waals surface area contributed by atoms with E-state index >= 15 is 0 Å². The summed E-state index contributed by atoms with van der Waals surface area (Å²) in [5.41, 5.74) is 0. The van der Waals surface area contributed by atoms with Crippen LogP contribution in [-0.4, -0.2) is 69.0 Å². The van der Waals surface area contributed by atoms with Crippen LogP contribution >= 0.6 is 7.82 Å². The van der Waals surface area contributed by atoms with Crippen LogP contribution in [0.3, 0.4) is 0 Å². The number of likely N-dealkylation sites (N-methyl/N-ethyl adjacent to an activating group) is 1.